The second-order valence-corrected chi connectivity index (χ2v) is 11.0. The van der Waals surface area contributed by atoms with Crippen LogP contribution in [0, 0.1) is 12.7 Å². The molecule has 1 N–H and O–H groups in total. The van der Waals surface area contributed by atoms with Crippen molar-refractivity contribution in [3.05, 3.63) is 70.3 Å². The van der Waals surface area contributed by atoms with Crippen molar-refractivity contribution in [2.45, 2.75) is 58.1 Å². The fourth-order valence-corrected chi connectivity index (χ4v) is 5.38. The first-order chi connectivity index (χ1) is 20.3. The maximum atomic E-state index is 14.0. The number of rotatable bonds is 10. The predicted molar refractivity (Wildman–Crippen MR) is 150 cm³/mol. The number of carbonyl (C=O) groups is 1. The van der Waals surface area contributed by atoms with E-state index in [9.17, 15) is 14.3 Å². The molecule has 6 rings (SSSR count). The number of ether oxygens (including phenoxy) is 3. The molecule has 5 heterocycles. The number of imidazole rings is 1. The summed E-state index contributed by atoms with van der Waals surface area (Å²) in [6.07, 6.45) is 5.54. The summed E-state index contributed by atoms with van der Waals surface area (Å²) < 4.78 is 33.3. The zero-order valence-electron chi connectivity index (χ0n) is 23.0. The van der Waals surface area contributed by atoms with Crippen molar-refractivity contribution in [1.82, 2.24) is 29.4 Å². The van der Waals surface area contributed by atoms with Gasteiger partial charge in [0.2, 0.25) is 5.88 Å². The van der Waals surface area contributed by atoms with E-state index in [1.807, 2.05) is 6.92 Å². The Bertz CT molecular complexity index is 1610. The molecule has 0 aliphatic carbocycles. The second kappa shape index (κ2) is 12.2. The van der Waals surface area contributed by atoms with Gasteiger partial charge in [-0.3, -0.25) is 4.90 Å². The number of halogens is 2. The van der Waals surface area contributed by atoms with E-state index in [0.29, 0.717) is 24.8 Å². The quantitative estimate of drug-likeness (QED) is 0.281. The fourth-order valence-electron chi connectivity index (χ4n) is 5.23. The van der Waals surface area contributed by atoms with E-state index < -0.39 is 11.8 Å². The Morgan fingerprint density at radius 2 is 2.00 bits per heavy atom. The number of aromatic carboxylic acids is 1. The molecule has 11 nitrogen and oxygen atoms in total. The van der Waals surface area contributed by atoms with Crippen LogP contribution in [0.4, 0.5) is 4.39 Å². The predicted octanol–water partition coefficient (Wildman–Crippen LogP) is 4.43. The van der Waals surface area contributed by atoms with Gasteiger partial charge in [0.05, 0.1) is 40.8 Å². The van der Waals surface area contributed by atoms with Crippen LogP contribution in [0.5, 0.6) is 11.8 Å². The van der Waals surface area contributed by atoms with Crippen LogP contribution in [0.3, 0.4) is 0 Å². The van der Waals surface area contributed by atoms with Crippen molar-refractivity contribution in [3.63, 3.8) is 0 Å². The van der Waals surface area contributed by atoms with Crippen molar-refractivity contribution in [1.29, 1.82) is 0 Å². The van der Waals surface area contributed by atoms with Crippen LogP contribution in [0.2, 0.25) is 5.02 Å². The van der Waals surface area contributed by atoms with E-state index in [0.717, 1.165) is 67.4 Å². The number of pyridine rings is 1. The zero-order valence-corrected chi connectivity index (χ0v) is 23.8. The van der Waals surface area contributed by atoms with Crippen molar-refractivity contribution < 1.29 is 28.5 Å². The van der Waals surface area contributed by atoms with Gasteiger partial charge in [-0.15, -0.1) is 0 Å². The molecular formula is C29H30ClFN6O5. The van der Waals surface area contributed by atoms with E-state index in [1.165, 1.54) is 6.20 Å². The van der Waals surface area contributed by atoms with Crippen molar-refractivity contribution >= 4 is 28.6 Å². The summed E-state index contributed by atoms with van der Waals surface area (Å²) in [5, 5.41) is 9.78. The molecule has 2 aliphatic heterocycles. The SMILES string of the molecule is Cc1cc(C(=O)O)cc2c1nc(CN1CCC(Oc3ccnc(COc4ncc(Cl)cc4F)n3)CC1)n2CC1CCO1. The molecule has 1 aromatic carbocycles. The molecule has 42 heavy (non-hydrogen) atoms. The highest BCUT2D eigenvalue weighted by Gasteiger charge is 2.26. The third-order valence-corrected chi connectivity index (χ3v) is 7.74. The van der Waals surface area contributed by atoms with Gasteiger partial charge in [0.15, 0.2) is 11.6 Å². The summed E-state index contributed by atoms with van der Waals surface area (Å²) in [4.78, 5) is 31.4. The Morgan fingerprint density at radius 3 is 2.71 bits per heavy atom. The molecule has 0 bridgehead atoms. The molecular weight excluding hydrogens is 567 g/mol. The molecule has 2 saturated heterocycles. The van der Waals surface area contributed by atoms with E-state index >= 15 is 0 Å². The summed E-state index contributed by atoms with van der Waals surface area (Å²) in [6, 6.07) is 6.20. The van der Waals surface area contributed by atoms with E-state index in [-0.39, 0.29) is 35.3 Å². The summed E-state index contributed by atoms with van der Waals surface area (Å²) in [5.74, 6) is -0.110. The highest BCUT2D eigenvalue weighted by molar-refractivity contribution is 6.30. The van der Waals surface area contributed by atoms with Gasteiger partial charge in [0.25, 0.3) is 5.88 Å². The average molecular weight is 597 g/mol. The number of hydrogen-bond donors (Lipinski definition) is 1. The van der Waals surface area contributed by atoms with Crippen LogP contribution in [-0.2, 0) is 24.4 Å². The molecule has 0 saturated carbocycles. The normalized spacial score (nSPS) is 17.7. The standard InChI is InChI=1S/C29H30ClFN6O5/c1-17-10-18(29(38)39)11-23-27(17)35-25(37(23)14-21-5-9-40-21)15-36-7-3-20(4-8-36)42-26-2-6-32-24(34-26)16-41-28-22(31)12-19(30)13-33-28/h2,6,10-13,20-21H,3-5,7-9,14-16H2,1H3,(H,38,39). The Labute approximate surface area is 246 Å². The van der Waals surface area contributed by atoms with Crippen LogP contribution in [-0.4, -0.2) is 72.4 Å². The summed E-state index contributed by atoms with van der Waals surface area (Å²) >= 11 is 5.74. The average Bonchev–Trinajstić information content (AvgIpc) is 3.28. The highest BCUT2D eigenvalue weighted by Crippen LogP contribution is 2.27. The molecule has 220 valence electrons. The minimum atomic E-state index is -0.952. The Hall–Kier alpha value is -3.87. The number of aryl methyl sites for hydroxylation is 1. The van der Waals surface area contributed by atoms with Gasteiger partial charge in [0, 0.05) is 38.2 Å². The van der Waals surface area contributed by atoms with Crippen LogP contribution in [0.1, 0.15) is 46.8 Å². The Balaban J connectivity index is 1.08. The molecule has 4 aromatic rings. The minimum Gasteiger partial charge on any atom is -0.478 e. The number of piperidine rings is 1. The number of carboxylic acid groups (broad SMARTS) is 1. The van der Waals surface area contributed by atoms with Crippen LogP contribution in [0.15, 0.2) is 36.7 Å². The lowest BCUT2D eigenvalue weighted by molar-refractivity contribution is -0.0592. The van der Waals surface area contributed by atoms with Gasteiger partial charge in [0.1, 0.15) is 18.5 Å². The summed E-state index contributed by atoms with van der Waals surface area (Å²) in [6.45, 7) is 5.47. The van der Waals surface area contributed by atoms with Crippen molar-refractivity contribution in [3.8, 4) is 11.8 Å². The van der Waals surface area contributed by atoms with E-state index in [2.05, 4.69) is 24.4 Å². The number of nitrogens with zero attached hydrogens (tertiary/aromatic N) is 6. The molecule has 0 radical (unpaired) electrons. The van der Waals surface area contributed by atoms with Gasteiger partial charge in [-0.2, -0.15) is 4.98 Å². The fraction of sp³-hybridized carbons (Fsp3) is 0.414. The monoisotopic (exact) mass is 596 g/mol. The number of benzene rings is 1. The molecule has 3 aromatic heterocycles. The lowest BCUT2D eigenvalue weighted by Crippen LogP contribution is -2.39. The minimum absolute atomic E-state index is 0.0251. The molecule has 13 heteroatoms. The van der Waals surface area contributed by atoms with Gasteiger partial charge >= 0.3 is 5.97 Å². The van der Waals surface area contributed by atoms with Crippen LogP contribution >= 0.6 is 11.6 Å². The third-order valence-electron chi connectivity index (χ3n) is 7.53. The highest BCUT2D eigenvalue weighted by atomic mass is 35.5. The largest absolute Gasteiger partial charge is 0.478 e. The third kappa shape index (κ3) is 6.30. The van der Waals surface area contributed by atoms with Gasteiger partial charge in [-0.1, -0.05) is 11.6 Å². The molecule has 0 spiro atoms. The first-order valence-corrected chi connectivity index (χ1v) is 14.2. The molecule has 0 amide bonds. The molecule has 1 atom stereocenters. The first-order valence-electron chi connectivity index (χ1n) is 13.8. The van der Waals surface area contributed by atoms with Gasteiger partial charge < -0.3 is 23.9 Å². The lowest BCUT2D eigenvalue weighted by Gasteiger charge is -2.32. The number of likely N-dealkylation sites (tertiary alicyclic amines) is 1. The van der Waals surface area contributed by atoms with Crippen molar-refractivity contribution in [2.24, 2.45) is 0 Å². The first kappa shape index (κ1) is 28.3. The van der Waals surface area contributed by atoms with Crippen LogP contribution < -0.4 is 9.47 Å². The smallest absolute Gasteiger partial charge is 0.335 e. The number of aromatic nitrogens is 5. The van der Waals surface area contributed by atoms with E-state index in [1.54, 1.807) is 24.4 Å². The van der Waals surface area contributed by atoms with Crippen LogP contribution in [0.25, 0.3) is 11.0 Å². The topological polar surface area (TPSA) is 125 Å². The van der Waals surface area contributed by atoms with Crippen molar-refractivity contribution in [2.75, 3.05) is 19.7 Å². The van der Waals surface area contributed by atoms with Gasteiger partial charge in [-0.05, 0) is 49.9 Å². The molecule has 2 aliphatic rings. The molecule has 2 fully saturated rings. The summed E-state index contributed by atoms with van der Waals surface area (Å²) in [5.41, 5.74) is 2.75. The Morgan fingerprint density at radius 1 is 1.19 bits per heavy atom. The molecule has 1 unspecified atom stereocenters. The van der Waals surface area contributed by atoms with Gasteiger partial charge in [-0.25, -0.2) is 24.1 Å². The number of hydrogen-bond acceptors (Lipinski definition) is 9. The number of carboxylic acids is 1. The Kier molecular flexibility index (Phi) is 8.18. The second-order valence-electron chi connectivity index (χ2n) is 10.5. The maximum absolute atomic E-state index is 14.0. The zero-order chi connectivity index (χ0) is 29.2. The van der Waals surface area contributed by atoms with E-state index in [4.69, 9.17) is 30.8 Å². The number of fused-ring (bicyclic) bond motifs is 1. The lowest BCUT2D eigenvalue weighted by atomic mass is 10.1. The maximum Gasteiger partial charge on any atom is 0.335 e. The summed E-state index contributed by atoms with van der Waals surface area (Å²) in [7, 11) is 0.